The van der Waals surface area contributed by atoms with E-state index in [1.54, 1.807) is 0 Å². The zero-order chi connectivity index (χ0) is 19.3. The molecule has 0 heterocycles. The predicted octanol–water partition coefficient (Wildman–Crippen LogP) is 4.59. The molecule has 0 rings (SSSR count). The molecule has 0 saturated carbocycles. The van der Waals surface area contributed by atoms with Gasteiger partial charge in [-0.3, -0.25) is 14.4 Å². The Morgan fingerprint density at radius 1 is 0.846 bits per heavy atom. The molecule has 0 aromatic carbocycles. The molecule has 1 atom stereocenters. The van der Waals surface area contributed by atoms with Crippen molar-refractivity contribution in [2.45, 2.75) is 95.5 Å². The normalized spacial score (nSPS) is 10.9. The fourth-order valence-electron chi connectivity index (χ4n) is 1.73. The van der Waals surface area contributed by atoms with Crippen LogP contribution in [0, 0.1) is 17.8 Å². The van der Waals surface area contributed by atoms with Crippen LogP contribution in [0.2, 0.25) is 0 Å². The summed E-state index contributed by atoms with van der Waals surface area (Å²) < 4.78 is 0. The zero-order valence-electron chi connectivity index (χ0n) is 16.9. The number of unbranched alkanes of at least 4 members (excludes halogenated alkanes) is 1. The van der Waals surface area contributed by atoms with Gasteiger partial charge in [-0.15, -0.1) is 0 Å². The van der Waals surface area contributed by atoms with Crippen LogP contribution in [0.15, 0.2) is 0 Å². The Labute approximate surface area is 163 Å². The average Bonchev–Trinajstić information content (AvgIpc) is 2.46. The molecule has 26 heavy (non-hydrogen) atoms. The smallest absolute Gasteiger partial charge is 0.223 e. The van der Waals surface area contributed by atoms with Gasteiger partial charge in [0.25, 0.3) is 0 Å². The van der Waals surface area contributed by atoms with Gasteiger partial charge in [0, 0.05) is 18.4 Å². The summed E-state index contributed by atoms with van der Waals surface area (Å²) in [7, 11) is 0. The van der Waals surface area contributed by atoms with Gasteiger partial charge in [0.15, 0.2) is 5.78 Å². The highest BCUT2D eigenvalue weighted by molar-refractivity contribution is 5.88. The lowest BCUT2D eigenvalue weighted by Gasteiger charge is -2.19. The number of amides is 2. The van der Waals surface area contributed by atoms with Crippen molar-refractivity contribution in [3.05, 3.63) is 0 Å². The molecule has 0 unspecified atom stereocenters. The highest BCUT2D eigenvalue weighted by atomic mass is 16.2. The molecule has 0 saturated heterocycles. The minimum absolute atomic E-state index is 0. The second-order valence-corrected chi connectivity index (χ2v) is 7.26. The van der Waals surface area contributed by atoms with E-state index >= 15 is 0 Å². The number of rotatable bonds is 9. The SMILES string of the molecule is C.C.CC(=O)[C@H](CC(C)C)NC(=O)C(C)C.CCCCNC(=O)C(C)C. The van der Waals surface area contributed by atoms with E-state index in [0.29, 0.717) is 12.3 Å². The lowest BCUT2D eigenvalue weighted by atomic mass is 10.0. The average molecular weight is 375 g/mol. The largest absolute Gasteiger partial charge is 0.356 e. The summed E-state index contributed by atoms with van der Waals surface area (Å²) in [6.07, 6.45) is 2.94. The summed E-state index contributed by atoms with van der Waals surface area (Å²) >= 11 is 0. The molecule has 0 aromatic heterocycles. The second-order valence-electron chi connectivity index (χ2n) is 7.26. The van der Waals surface area contributed by atoms with E-state index in [2.05, 4.69) is 17.6 Å². The summed E-state index contributed by atoms with van der Waals surface area (Å²) in [5.74, 6) is 0.615. The van der Waals surface area contributed by atoms with Crippen molar-refractivity contribution in [3.8, 4) is 0 Å². The van der Waals surface area contributed by atoms with Gasteiger partial charge in [0.2, 0.25) is 11.8 Å². The van der Waals surface area contributed by atoms with Crippen LogP contribution in [0.25, 0.3) is 0 Å². The maximum atomic E-state index is 11.4. The van der Waals surface area contributed by atoms with Gasteiger partial charge in [-0.2, -0.15) is 0 Å². The minimum atomic E-state index is -0.315. The van der Waals surface area contributed by atoms with Crippen molar-refractivity contribution in [2.24, 2.45) is 17.8 Å². The van der Waals surface area contributed by atoms with Gasteiger partial charge in [-0.05, 0) is 25.7 Å². The van der Waals surface area contributed by atoms with Gasteiger partial charge in [-0.25, -0.2) is 0 Å². The Morgan fingerprint density at radius 3 is 1.62 bits per heavy atom. The quantitative estimate of drug-likeness (QED) is 0.579. The molecule has 0 spiro atoms. The lowest BCUT2D eigenvalue weighted by Crippen LogP contribution is -2.42. The van der Waals surface area contributed by atoms with Crippen molar-refractivity contribution in [3.63, 3.8) is 0 Å². The van der Waals surface area contributed by atoms with Crippen molar-refractivity contribution in [1.29, 1.82) is 0 Å². The Balaban J connectivity index is -0.000000181. The second kappa shape index (κ2) is 18.4. The molecular weight excluding hydrogens is 328 g/mol. The minimum Gasteiger partial charge on any atom is -0.356 e. The number of hydrogen-bond donors (Lipinski definition) is 2. The summed E-state index contributed by atoms with van der Waals surface area (Å²) in [6.45, 7) is 16.0. The Hall–Kier alpha value is -1.39. The number of hydrogen-bond acceptors (Lipinski definition) is 3. The topological polar surface area (TPSA) is 75.3 Å². The van der Waals surface area contributed by atoms with Gasteiger partial charge in [0.1, 0.15) is 0 Å². The molecule has 158 valence electrons. The molecule has 0 radical (unpaired) electrons. The third-order valence-corrected chi connectivity index (χ3v) is 3.39. The summed E-state index contributed by atoms with van der Waals surface area (Å²) in [5.41, 5.74) is 0. The molecule has 0 fully saturated rings. The molecule has 5 nitrogen and oxygen atoms in total. The molecule has 0 aliphatic carbocycles. The van der Waals surface area contributed by atoms with Gasteiger partial charge in [-0.1, -0.05) is 69.7 Å². The van der Waals surface area contributed by atoms with E-state index in [0.717, 1.165) is 19.4 Å². The van der Waals surface area contributed by atoms with Crippen LogP contribution in [0.4, 0.5) is 0 Å². The molecule has 0 aliphatic rings. The highest BCUT2D eigenvalue weighted by Crippen LogP contribution is 2.06. The summed E-state index contributed by atoms with van der Waals surface area (Å²) in [5, 5.41) is 5.60. The molecule has 0 aliphatic heterocycles. The van der Waals surface area contributed by atoms with Crippen LogP contribution in [0.3, 0.4) is 0 Å². The first-order chi connectivity index (χ1) is 11.0. The molecule has 0 aromatic rings. The van der Waals surface area contributed by atoms with E-state index < -0.39 is 0 Å². The molecular formula is C21H46N2O3. The fraction of sp³-hybridized carbons (Fsp3) is 0.857. The lowest BCUT2D eigenvalue weighted by molar-refractivity contribution is -0.129. The predicted molar refractivity (Wildman–Crippen MR) is 113 cm³/mol. The van der Waals surface area contributed by atoms with Gasteiger partial charge >= 0.3 is 0 Å². The Kier molecular flexibility index (Phi) is 22.9. The van der Waals surface area contributed by atoms with Crippen LogP contribution in [0.5, 0.6) is 0 Å². The van der Waals surface area contributed by atoms with Crippen LogP contribution in [-0.2, 0) is 14.4 Å². The number of carbonyl (C=O) groups is 3. The fourth-order valence-corrected chi connectivity index (χ4v) is 1.73. The van der Waals surface area contributed by atoms with Crippen molar-refractivity contribution < 1.29 is 14.4 Å². The maximum Gasteiger partial charge on any atom is 0.223 e. The zero-order valence-corrected chi connectivity index (χ0v) is 16.9. The third-order valence-electron chi connectivity index (χ3n) is 3.39. The number of carbonyl (C=O) groups excluding carboxylic acids is 3. The van der Waals surface area contributed by atoms with Crippen LogP contribution in [-0.4, -0.2) is 30.2 Å². The monoisotopic (exact) mass is 374 g/mol. The molecule has 5 heteroatoms. The standard InChI is InChI=1S/C11H21NO2.C8H17NO.2CH4/c1-7(2)6-10(9(5)13)12-11(14)8(3)4;1-4-5-6-9-8(10)7(2)3;;/h7-8,10H,6H2,1-5H3,(H,12,14);7H,4-6H2,1-3H3,(H,9,10);2*1H4/t10-;;;/m0.../s1. The van der Waals surface area contributed by atoms with E-state index in [-0.39, 0.29) is 50.3 Å². The third kappa shape index (κ3) is 18.9. The van der Waals surface area contributed by atoms with E-state index in [9.17, 15) is 14.4 Å². The van der Waals surface area contributed by atoms with E-state index in [4.69, 9.17) is 0 Å². The summed E-state index contributed by atoms with van der Waals surface area (Å²) in [4.78, 5) is 33.5. The number of ketones is 1. The van der Waals surface area contributed by atoms with Crippen molar-refractivity contribution in [1.82, 2.24) is 10.6 Å². The molecule has 0 bridgehead atoms. The highest BCUT2D eigenvalue weighted by Gasteiger charge is 2.19. The number of Topliss-reactive ketones (excluding diaryl/α,β-unsaturated/α-hetero) is 1. The maximum absolute atomic E-state index is 11.4. The first kappa shape index (κ1) is 32.3. The molecule has 2 N–H and O–H groups in total. The Bertz CT molecular complexity index is 377. The van der Waals surface area contributed by atoms with E-state index in [1.807, 2.05) is 41.5 Å². The van der Waals surface area contributed by atoms with Crippen LogP contribution in [0.1, 0.15) is 89.5 Å². The van der Waals surface area contributed by atoms with Crippen molar-refractivity contribution >= 4 is 17.6 Å². The summed E-state index contributed by atoms with van der Waals surface area (Å²) in [6, 6.07) is -0.315. The van der Waals surface area contributed by atoms with Gasteiger partial charge in [0.05, 0.1) is 6.04 Å². The van der Waals surface area contributed by atoms with E-state index in [1.165, 1.54) is 6.92 Å². The van der Waals surface area contributed by atoms with Gasteiger partial charge < -0.3 is 10.6 Å². The first-order valence-electron chi connectivity index (χ1n) is 9.11. The first-order valence-corrected chi connectivity index (χ1v) is 9.11. The number of nitrogens with one attached hydrogen (secondary N) is 2. The Morgan fingerprint density at radius 2 is 1.31 bits per heavy atom. The van der Waals surface area contributed by atoms with Crippen molar-refractivity contribution in [2.75, 3.05) is 6.54 Å². The van der Waals surface area contributed by atoms with Crippen LogP contribution >= 0.6 is 0 Å². The molecule has 2 amide bonds. The van der Waals surface area contributed by atoms with Crippen LogP contribution < -0.4 is 10.6 Å².